The quantitative estimate of drug-likeness (QED) is 0.904. The molecule has 17 heavy (non-hydrogen) atoms. The first-order chi connectivity index (χ1) is 8.24. The maximum atomic E-state index is 11.5. The van der Waals surface area contributed by atoms with Crippen LogP contribution in [0.5, 0.6) is 0 Å². The lowest BCUT2D eigenvalue weighted by Crippen LogP contribution is -2.24. The molecule has 0 spiro atoms. The summed E-state index contributed by atoms with van der Waals surface area (Å²) in [5, 5.41) is 3.68. The van der Waals surface area contributed by atoms with Crippen molar-refractivity contribution in [3.63, 3.8) is 0 Å². The Kier molecular flexibility index (Phi) is 2.60. The van der Waals surface area contributed by atoms with Gasteiger partial charge in [-0.3, -0.25) is 4.79 Å². The summed E-state index contributed by atoms with van der Waals surface area (Å²) in [6.45, 7) is 1.85. The second-order valence-electron chi connectivity index (χ2n) is 3.67. The number of amides is 1. The van der Waals surface area contributed by atoms with Gasteiger partial charge in [-0.25, -0.2) is 10.4 Å². The Balaban J connectivity index is 1.90. The Morgan fingerprint density at radius 2 is 2.24 bits per heavy atom. The number of nitrogens with zero attached hydrogens (tertiary/aromatic N) is 2. The molecule has 2 heterocycles. The van der Waals surface area contributed by atoms with Gasteiger partial charge in [-0.1, -0.05) is 23.9 Å². The SMILES string of the molecule is CC1=NNC(=O)C1Sc1nc2ccccc2s1. The summed E-state index contributed by atoms with van der Waals surface area (Å²) in [7, 11) is 0. The van der Waals surface area contributed by atoms with Crippen molar-refractivity contribution >= 4 is 44.9 Å². The number of hydrogen-bond acceptors (Lipinski definition) is 5. The summed E-state index contributed by atoms with van der Waals surface area (Å²) in [5.41, 5.74) is 4.26. The van der Waals surface area contributed by atoms with Crippen LogP contribution in [0.3, 0.4) is 0 Å². The predicted octanol–water partition coefficient (Wildman–Crippen LogP) is 2.26. The largest absolute Gasteiger partial charge is 0.271 e. The van der Waals surface area contributed by atoms with E-state index >= 15 is 0 Å². The molecule has 1 unspecified atom stereocenters. The summed E-state index contributed by atoms with van der Waals surface area (Å²) in [6, 6.07) is 7.97. The van der Waals surface area contributed by atoms with Crippen molar-refractivity contribution in [2.24, 2.45) is 5.10 Å². The molecule has 1 aromatic heterocycles. The summed E-state index contributed by atoms with van der Waals surface area (Å²) in [4.78, 5) is 16.0. The van der Waals surface area contributed by atoms with Crippen LogP contribution in [0.2, 0.25) is 0 Å². The van der Waals surface area contributed by atoms with Crippen LogP contribution in [0.1, 0.15) is 6.92 Å². The maximum Gasteiger partial charge on any atom is 0.259 e. The van der Waals surface area contributed by atoms with Gasteiger partial charge in [-0.15, -0.1) is 11.3 Å². The number of aromatic nitrogens is 1. The normalized spacial score (nSPS) is 19.5. The second-order valence-corrected chi connectivity index (χ2v) is 6.06. The molecule has 0 bridgehead atoms. The van der Waals surface area contributed by atoms with Gasteiger partial charge in [0, 0.05) is 0 Å². The number of hydrazone groups is 1. The Labute approximate surface area is 106 Å². The van der Waals surface area contributed by atoms with Gasteiger partial charge in [-0.05, 0) is 19.1 Å². The van der Waals surface area contributed by atoms with E-state index in [4.69, 9.17) is 0 Å². The lowest BCUT2D eigenvalue weighted by molar-refractivity contribution is -0.118. The van der Waals surface area contributed by atoms with Crippen LogP contribution < -0.4 is 5.43 Å². The Hall–Kier alpha value is -1.40. The van der Waals surface area contributed by atoms with Crippen molar-refractivity contribution in [3.8, 4) is 0 Å². The third kappa shape index (κ3) is 1.94. The fourth-order valence-corrected chi connectivity index (χ4v) is 3.77. The Morgan fingerprint density at radius 1 is 1.41 bits per heavy atom. The van der Waals surface area contributed by atoms with Crippen LogP contribution in [0.15, 0.2) is 33.7 Å². The molecule has 2 aromatic rings. The van der Waals surface area contributed by atoms with Gasteiger partial charge in [0.05, 0.1) is 15.9 Å². The van der Waals surface area contributed by atoms with Crippen LogP contribution in [-0.4, -0.2) is 21.9 Å². The first-order valence-electron chi connectivity index (χ1n) is 5.10. The van der Waals surface area contributed by atoms with Crippen molar-refractivity contribution in [3.05, 3.63) is 24.3 Å². The first kappa shape index (κ1) is 10.7. The lowest BCUT2D eigenvalue weighted by Gasteiger charge is -2.03. The van der Waals surface area contributed by atoms with Gasteiger partial charge in [-0.2, -0.15) is 5.10 Å². The molecular formula is C11H9N3OS2. The smallest absolute Gasteiger partial charge is 0.259 e. The lowest BCUT2D eigenvalue weighted by atomic mass is 10.3. The molecule has 0 saturated carbocycles. The van der Waals surface area contributed by atoms with Crippen molar-refractivity contribution in [2.75, 3.05) is 0 Å². The first-order valence-corrected chi connectivity index (χ1v) is 6.80. The second kappa shape index (κ2) is 4.12. The van der Waals surface area contributed by atoms with E-state index in [1.54, 1.807) is 11.3 Å². The van der Waals surface area contributed by atoms with E-state index in [0.717, 1.165) is 20.3 Å². The average Bonchev–Trinajstić information content (AvgIpc) is 2.87. The van der Waals surface area contributed by atoms with E-state index < -0.39 is 0 Å². The molecule has 1 atom stereocenters. The van der Waals surface area contributed by atoms with Crippen LogP contribution in [0, 0.1) is 0 Å². The van der Waals surface area contributed by atoms with Gasteiger partial charge in [0.2, 0.25) is 0 Å². The highest BCUT2D eigenvalue weighted by Crippen LogP contribution is 2.33. The minimum absolute atomic E-state index is 0.0632. The van der Waals surface area contributed by atoms with Crippen molar-refractivity contribution in [1.82, 2.24) is 10.4 Å². The minimum Gasteiger partial charge on any atom is -0.271 e. The van der Waals surface area contributed by atoms with Crippen LogP contribution in [-0.2, 0) is 4.79 Å². The highest BCUT2D eigenvalue weighted by Gasteiger charge is 2.28. The highest BCUT2D eigenvalue weighted by molar-refractivity contribution is 8.03. The molecular weight excluding hydrogens is 254 g/mol. The number of nitrogens with one attached hydrogen (secondary N) is 1. The summed E-state index contributed by atoms with van der Waals surface area (Å²) in [5.74, 6) is -0.0632. The van der Waals surface area contributed by atoms with E-state index in [-0.39, 0.29) is 11.2 Å². The molecule has 1 amide bonds. The number of hydrogen-bond donors (Lipinski definition) is 1. The predicted molar refractivity (Wildman–Crippen MR) is 70.5 cm³/mol. The molecule has 0 radical (unpaired) electrons. The van der Waals surface area contributed by atoms with Crippen molar-refractivity contribution in [1.29, 1.82) is 0 Å². The number of thioether (sulfide) groups is 1. The molecule has 0 fully saturated rings. The van der Waals surface area contributed by atoms with E-state index in [0.29, 0.717) is 0 Å². The number of rotatable bonds is 2. The maximum absolute atomic E-state index is 11.5. The van der Waals surface area contributed by atoms with Crippen molar-refractivity contribution in [2.45, 2.75) is 16.5 Å². The van der Waals surface area contributed by atoms with Gasteiger partial charge in [0.1, 0.15) is 5.25 Å². The topological polar surface area (TPSA) is 54.4 Å². The zero-order chi connectivity index (χ0) is 11.8. The van der Waals surface area contributed by atoms with E-state index in [1.165, 1.54) is 11.8 Å². The van der Waals surface area contributed by atoms with Crippen LogP contribution in [0.25, 0.3) is 10.2 Å². The number of thiazole rings is 1. The van der Waals surface area contributed by atoms with Crippen LogP contribution in [0.4, 0.5) is 0 Å². The molecule has 0 aliphatic carbocycles. The fraction of sp³-hybridized carbons (Fsp3) is 0.182. The number of para-hydroxylation sites is 1. The molecule has 1 aliphatic heterocycles. The standard InChI is InChI=1S/C11H9N3OS2/c1-6-9(10(15)14-13-6)17-11-12-7-4-2-3-5-8(7)16-11/h2-5,9H,1H3,(H,14,15). The van der Waals surface area contributed by atoms with E-state index in [2.05, 4.69) is 15.5 Å². The number of fused-ring (bicyclic) bond motifs is 1. The Morgan fingerprint density at radius 3 is 2.94 bits per heavy atom. The molecule has 1 aliphatic rings. The monoisotopic (exact) mass is 263 g/mol. The van der Waals surface area contributed by atoms with Crippen molar-refractivity contribution < 1.29 is 4.79 Å². The molecule has 1 aromatic carbocycles. The summed E-state index contributed by atoms with van der Waals surface area (Å²) < 4.78 is 2.05. The Bertz CT molecular complexity index is 587. The molecule has 3 rings (SSSR count). The molecule has 0 saturated heterocycles. The third-order valence-corrected chi connectivity index (χ3v) is 4.91. The molecule has 86 valence electrons. The average molecular weight is 263 g/mol. The zero-order valence-corrected chi connectivity index (χ0v) is 10.6. The van der Waals surface area contributed by atoms with Gasteiger partial charge in [0.15, 0.2) is 4.34 Å². The zero-order valence-electron chi connectivity index (χ0n) is 9.01. The molecule has 4 nitrogen and oxygen atoms in total. The van der Waals surface area contributed by atoms with Gasteiger partial charge >= 0.3 is 0 Å². The number of carbonyl (C=O) groups is 1. The van der Waals surface area contributed by atoms with E-state index in [9.17, 15) is 4.79 Å². The number of carbonyl (C=O) groups excluding carboxylic acids is 1. The summed E-state index contributed by atoms with van der Waals surface area (Å²) >= 11 is 3.06. The molecule has 1 N–H and O–H groups in total. The minimum atomic E-state index is -0.240. The summed E-state index contributed by atoms with van der Waals surface area (Å²) in [6.07, 6.45) is 0. The van der Waals surface area contributed by atoms with Gasteiger partial charge < -0.3 is 0 Å². The highest BCUT2D eigenvalue weighted by atomic mass is 32.2. The van der Waals surface area contributed by atoms with Crippen LogP contribution >= 0.6 is 23.1 Å². The van der Waals surface area contributed by atoms with E-state index in [1.807, 2.05) is 31.2 Å². The number of benzene rings is 1. The van der Waals surface area contributed by atoms with Gasteiger partial charge in [0.25, 0.3) is 5.91 Å². The molecule has 6 heteroatoms. The third-order valence-electron chi connectivity index (χ3n) is 2.45. The fourth-order valence-electron chi connectivity index (χ4n) is 1.59.